The molecule has 1 aromatic rings. The van der Waals surface area contributed by atoms with E-state index in [1.165, 1.54) is 50.5 Å². The topological polar surface area (TPSA) is 109 Å². The van der Waals surface area contributed by atoms with Gasteiger partial charge in [-0.25, -0.2) is 0 Å². The number of unbranched alkanes of at least 4 members (excludes halogenated alkanes) is 6. The van der Waals surface area contributed by atoms with Gasteiger partial charge >= 0.3 is 10.8 Å². The molecule has 1 atom stereocenters. The van der Waals surface area contributed by atoms with Crippen LogP contribution in [0.5, 0.6) is 5.75 Å². The van der Waals surface area contributed by atoms with E-state index in [-0.39, 0.29) is 13.2 Å². The zero-order valence-electron chi connectivity index (χ0n) is 20.1. The first-order valence-electron chi connectivity index (χ1n) is 11.8. The molecule has 33 heavy (non-hydrogen) atoms. The third-order valence-electron chi connectivity index (χ3n) is 4.92. The van der Waals surface area contributed by atoms with E-state index in [1.807, 2.05) is 19.1 Å². The van der Waals surface area contributed by atoms with Gasteiger partial charge in [0, 0.05) is 9.77 Å². The van der Waals surface area contributed by atoms with Crippen LogP contribution in [0.4, 0.5) is 0 Å². The van der Waals surface area contributed by atoms with Crippen LogP contribution in [0.1, 0.15) is 69.9 Å². The van der Waals surface area contributed by atoms with Crippen molar-refractivity contribution in [3.8, 4) is 5.75 Å². The Hall–Kier alpha value is -1.33. The molecule has 189 valence electrons. The SMILES string of the molecule is C/C=C/c1cc(CCCCCCCCC)ccc1OCCOCCOCCO[S+]([O])(=O)ON. The molecule has 0 aromatic heterocycles. The molecule has 1 aromatic carbocycles. The van der Waals surface area contributed by atoms with Crippen LogP contribution in [0.2, 0.25) is 0 Å². The maximum Gasteiger partial charge on any atom is 0.564 e. The number of allylic oxidation sites excluding steroid dienone is 1. The van der Waals surface area contributed by atoms with Gasteiger partial charge in [-0.1, -0.05) is 63.7 Å². The van der Waals surface area contributed by atoms with Gasteiger partial charge in [-0.3, -0.25) is 0 Å². The quantitative estimate of drug-likeness (QED) is 0.147. The van der Waals surface area contributed by atoms with Crippen LogP contribution in [0.3, 0.4) is 0 Å². The lowest BCUT2D eigenvalue weighted by Gasteiger charge is -2.12. The van der Waals surface area contributed by atoms with Gasteiger partial charge in [0.15, 0.2) is 0 Å². The molecule has 1 unspecified atom stereocenters. The highest BCUT2D eigenvalue weighted by Gasteiger charge is 2.32. The van der Waals surface area contributed by atoms with Crippen LogP contribution in [0.15, 0.2) is 24.3 Å². The third-order valence-corrected chi connectivity index (χ3v) is 5.61. The number of hydrogen-bond donors (Lipinski definition) is 1. The Morgan fingerprint density at radius 2 is 1.55 bits per heavy atom. The van der Waals surface area contributed by atoms with Gasteiger partial charge in [0.05, 0.1) is 26.4 Å². The van der Waals surface area contributed by atoms with Crippen molar-refractivity contribution in [1.29, 1.82) is 0 Å². The molecule has 8 nitrogen and oxygen atoms in total. The van der Waals surface area contributed by atoms with Gasteiger partial charge in [0.25, 0.3) is 0 Å². The summed E-state index contributed by atoms with van der Waals surface area (Å²) in [5.74, 6) is 5.39. The van der Waals surface area contributed by atoms with Crippen molar-refractivity contribution in [1.82, 2.24) is 0 Å². The molecule has 2 N–H and O–H groups in total. The summed E-state index contributed by atoms with van der Waals surface area (Å²) < 4.78 is 46.3. The van der Waals surface area contributed by atoms with Crippen molar-refractivity contribution in [3.05, 3.63) is 35.4 Å². The molecule has 1 radical (unpaired) electrons. The summed E-state index contributed by atoms with van der Waals surface area (Å²) in [5.41, 5.74) is 2.42. The highest BCUT2D eigenvalue weighted by atomic mass is 32.3. The molecule has 0 spiro atoms. The molecule has 0 aliphatic heterocycles. The fourth-order valence-corrected chi connectivity index (χ4v) is 3.56. The fraction of sp³-hybridized carbons (Fsp3) is 0.667. The number of rotatable bonds is 21. The van der Waals surface area contributed by atoms with Crippen LogP contribution in [-0.4, -0.2) is 39.6 Å². The first-order valence-corrected chi connectivity index (χ1v) is 13.2. The maximum absolute atomic E-state index is 10.8. The van der Waals surface area contributed by atoms with Crippen LogP contribution < -0.4 is 10.6 Å². The van der Waals surface area contributed by atoms with Crippen LogP contribution in [-0.2, 0) is 43.9 Å². The molecule has 9 heteroatoms. The third kappa shape index (κ3) is 15.2. The molecule has 0 bridgehead atoms. The summed E-state index contributed by atoms with van der Waals surface area (Å²) in [6.45, 7) is 5.68. The molecule has 0 aliphatic carbocycles. The minimum atomic E-state index is -4.13. The van der Waals surface area contributed by atoms with E-state index in [2.05, 4.69) is 39.5 Å². The summed E-state index contributed by atoms with van der Waals surface area (Å²) in [7, 11) is -4.13. The van der Waals surface area contributed by atoms with Crippen molar-refractivity contribution in [2.45, 2.75) is 65.2 Å². The average molecular weight is 488 g/mol. The highest BCUT2D eigenvalue weighted by Crippen LogP contribution is 2.23. The van der Waals surface area contributed by atoms with Crippen molar-refractivity contribution < 1.29 is 31.4 Å². The summed E-state index contributed by atoms with van der Waals surface area (Å²) in [4.78, 5) is 0. The van der Waals surface area contributed by atoms with Gasteiger partial charge in [-0.05, 0) is 41.7 Å². The molecular weight excluding hydrogens is 446 g/mol. The van der Waals surface area contributed by atoms with E-state index in [1.54, 1.807) is 0 Å². The molecule has 0 saturated carbocycles. The molecule has 0 aliphatic rings. The summed E-state index contributed by atoms with van der Waals surface area (Å²) in [5, 5.41) is 0. The Balaban J connectivity index is 2.21. The van der Waals surface area contributed by atoms with Crippen molar-refractivity contribution >= 4 is 16.9 Å². The minimum absolute atomic E-state index is 0.0837. The summed E-state index contributed by atoms with van der Waals surface area (Å²) >= 11 is 0. The van der Waals surface area contributed by atoms with Gasteiger partial charge < -0.3 is 14.2 Å². The first-order chi connectivity index (χ1) is 16.0. The Labute approximate surface area is 200 Å². The van der Waals surface area contributed by atoms with Crippen LogP contribution in [0, 0.1) is 0 Å². The van der Waals surface area contributed by atoms with E-state index in [0.717, 1.165) is 17.7 Å². The molecule has 0 amide bonds. The fourth-order valence-electron chi connectivity index (χ4n) is 3.24. The predicted octanol–water partition coefficient (Wildman–Crippen LogP) is 5.01. The lowest BCUT2D eigenvalue weighted by atomic mass is 10.0. The average Bonchev–Trinajstić information content (AvgIpc) is 2.81. The second kappa shape index (κ2) is 19.0. The second-order valence-electron chi connectivity index (χ2n) is 7.64. The molecular formula is C24H41NO7S+. The molecule has 0 saturated heterocycles. The Kier molecular flexibility index (Phi) is 17.1. The normalized spacial score (nSPS) is 13.5. The van der Waals surface area contributed by atoms with E-state index in [4.69, 9.17) is 14.2 Å². The van der Waals surface area contributed by atoms with E-state index in [0.29, 0.717) is 26.4 Å². The zero-order chi connectivity index (χ0) is 24.2. The maximum atomic E-state index is 10.8. The summed E-state index contributed by atoms with van der Waals surface area (Å²) in [6.07, 6.45) is 14.4. The number of ether oxygens (including phenoxy) is 3. The van der Waals surface area contributed by atoms with Crippen molar-refractivity contribution in [2.75, 3.05) is 39.6 Å². The van der Waals surface area contributed by atoms with Gasteiger partial charge in [0.1, 0.15) is 23.5 Å². The standard InChI is InChI=1S/C24H41NO7S/c1-3-5-6-7-8-9-10-12-22-13-14-24(23(21-22)11-4-2)30-19-17-28-15-16-29-18-20-31-33(26,27)32-25/h4,11,13-14,21H,3,5-10,12,15-20,25H2,1-2H3/q+1/b11-4+. The number of benzene rings is 1. The largest absolute Gasteiger partial charge is 0.564 e. The number of aryl methyl sites for hydroxylation is 1. The second-order valence-corrected chi connectivity index (χ2v) is 8.89. The molecule has 1 rings (SSSR count). The number of hydrogen-bond acceptors (Lipinski definition) is 7. The van der Waals surface area contributed by atoms with Crippen molar-refractivity contribution in [3.63, 3.8) is 0 Å². The molecule has 0 fully saturated rings. The zero-order valence-corrected chi connectivity index (χ0v) is 20.9. The van der Waals surface area contributed by atoms with Crippen molar-refractivity contribution in [2.24, 2.45) is 5.90 Å². The molecule has 0 heterocycles. The number of nitrogens with two attached hydrogens (primary N) is 1. The van der Waals surface area contributed by atoms with E-state index in [9.17, 15) is 8.76 Å². The van der Waals surface area contributed by atoms with E-state index >= 15 is 0 Å². The van der Waals surface area contributed by atoms with E-state index < -0.39 is 10.8 Å². The lowest BCUT2D eigenvalue weighted by molar-refractivity contribution is 0.0233. The van der Waals surface area contributed by atoms with Crippen LogP contribution >= 0.6 is 0 Å². The van der Waals surface area contributed by atoms with Crippen LogP contribution in [0.25, 0.3) is 6.08 Å². The Bertz CT molecular complexity index is 699. The van der Waals surface area contributed by atoms with Gasteiger partial charge in [-0.2, -0.15) is 5.90 Å². The monoisotopic (exact) mass is 487 g/mol. The summed E-state index contributed by atoms with van der Waals surface area (Å²) in [6, 6.07) is 6.39. The Morgan fingerprint density at radius 1 is 0.909 bits per heavy atom. The van der Waals surface area contributed by atoms with Gasteiger partial charge in [-0.15, -0.1) is 4.18 Å². The highest BCUT2D eigenvalue weighted by molar-refractivity contribution is 7.88. The lowest BCUT2D eigenvalue weighted by Crippen LogP contribution is -2.22. The minimum Gasteiger partial charge on any atom is -0.491 e. The smallest absolute Gasteiger partial charge is 0.491 e. The first kappa shape index (κ1) is 29.7. The Morgan fingerprint density at radius 3 is 2.21 bits per heavy atom. The predicted molar refractivity (Wildman–Crippen MR) is 130 cm³/mol. The van der Waals surface area contributed by atoms with Gasteiger partial charge in [0.2, 0.25) is 0 Å².